The molecule has 1 saturated heterocycles. The molecule has 0 aromatic carbocycles. The minimum absolute atomic E-state index is 0.229. The largest absolute Gasteiger partial charge is 0.355 e. The van der Waals surface area contributed by atoms with Gasteiger partial charge in [-0.05, 0) is 46.7 Å². The second-order valence-corrected chi connectivity index (χ2v) is 7.83. The van der Waals surface area contributed by atoms with Crippen LogP contribution < -0.4 is 10.6 Å². The van der Waals surface area contributed by atoms with Crippen LogP contribution in [0.1, 0.15) is 20.3 Å². The van der Waals surface area contributed by atoms with Crippen LogP contribution >= 0.6 is 11.8 Å². The molecule has 0 aromatic rings. The van der Waals surface area contributed by atoms with Crippen LogP contribution in [0.4, 0.5) is 0 Å². The van der Waals surface area contributed by atoms with Crippen molar-refractivity contribution >= 4 is 17.7 Å². The van der Waals surface area contributed by atoms with E-state index in [0.717, 1.165) is 25.6 Å². The summed E-state index contributed by atoms with van der Waals surface area (Å²) in [7, 11) is 4.04. The first-order valence-corrected chi connectivity index (χ1v) is 9.10. The van der Waals surface area contributed by atoms with E-state index >= 15 is 0 Å². The Morgan fingerprint density at radius 3 is 2.62 bits per heavy atom. The highest BCUT2D eigenvalue weighted by Gasteiger charge is 2.16. The molecule has 21 heavy (non-hydrogen) atoms. The minimum atomic E-state index is 0.229. The second-order valence-electron chi connectivity index (χ2n) is 6.31. The lowest BCUT2D eigenvalue weighted by Crippen LogP contribution is -2.45. The number of rotatable bonds is 6. The van der Waals surface area contributed by atoms with Crippen molar-refractivity contribution in [1.82, 2.24) is 20.4 Å². The van der Waals surface area contributed by atoms with Crippen molar-refractivity contribution in [3.8, 4) is 0 Å². The van der Waals surface area contributed by atoms with Crippen LogP contribution in [0.25, 0.3) is 0 Å². The molecule has 1 heterocycles. The van der Waals surface area contributed by atoms with Gasteiger partial charge in [0.15, 0.2) is 5.96 Å². The van der Waals surface area contributed by atoms with E-state index in [1.54, 1.807) is 0 Å². The number of guanidine groups is 1. The predicted octanol–water partition coefficient (Wildman–Crippen LogP) is 0.931. The molecule has 1 fully saturated rings. The summed E-state index contributed by atoms with van der Waals surface area (Å²) >= 11 is 1.87. The Hall–Kier alpha value is -0.460. The third kappa shape index (κ3) is 7.93. The summed E-state index contributed by atoms with van der Waals surface area (Å²) in [6.07, 6.45) is 3.42. The Balaban J connectivity index is 2.23. The molecule has 0 saturated carbocycles. The van der Waals surface area contributed by atoms with Gasteiger partial charge in [-0.3, -0.25) is 4.99 Å². The quantitative estimate of drug-likeness (QED) is 0.564. The smallest absolute Gasteiger partial charge is 0.191 e. The van der Waals surface area contributed by atoms with Crippen LogP contribution in [0, 0.1) is 0 Å². The fraction of sp³-hybridized carbons (Fsp3) is 0.933. The normalized spacial score (nSPS) is 19.4. The predicted molar refractivity (Wildman–Crippen MR) is 95.5 cm³/mol. The number of nitrogens with zero attached hydrogens (tertiary/aromatic N) is 3. The topological polar surface area (TPSA) is 42.9 Å². The van der Waals surface area contributed by atoms with Crippen molar-refractivity contribution in [2.45, 2.75) is 25.0 Å². The van der Waals surface area contributed by atoms with Gasteiger partial charge in [-0.15, -0.1) is 0 Å². The van der Waals surface area contributed by atoms with Crippen molar-refractivity contribution in [3.63, 3.8) is 0 Å². The molecule has 1 aliphatic rings. The fourth-order valence-electron chi connectivity index (χ4n) is 2.25. The number of thioether (sulfide) groups is 1. The number of nitrogens with one attached hydrogen (secondary N) is 2. The first-order chi connectivity index (χ1) is 9.96. The molecule has 2 N–H and O–H groups in total. The van der Waals surface area contributed by atoms with E-state index in [9.17, 15) is 0 Å². The van der Waals surface area contributed by atoms with Crippen LogP contribution in [-0.2, 0) is 0 Å². The lowest BCUT2D eigenvalue weighted by atomic mass is 10.2. The van der Waals surface area contributed by atoms with E-state index in [1.165, 1.54) is 32.6 Å². The molecule has 0 bridgehead atoms. The van der Waals surface area contributed by atoms with Crippen LogP contribution in [0.2, 0.25) is 0 Å². The van der Waals surface area contributed by atoms with E-state index in [-0.39, 0.29) is 4.75 Å². The highest BCUT2D eigenvalue weighted by atomic mass is 32.2. The average molecular weight is 316 g/mol. The van der Waals surface area contributed by atoms with Crippen molar-refractivity contribution in [3.05, 3.63) is 0 Å². The Morgan fingerprint density at radius 2 is 1.95 bits per heavy atom. The fourth-order valence-corrected chi connectivity index (χ4v) is 2.46. The monoisotopic (exact) mass is 315 g/mol. The second kappa shape index (κ2) is 9.54. The maximum atomic E-state index is 4.30. The van der Waals surface area contributed by atoms with Gasteiger partial charge in [0.25, 0.3) is 0 Å². The molecule has 0 atom stereocenters. The first kappa shape index (κ1) is 18.6. The highest BCUT2D eigenvalue weighted by Crippen LogP contribution is 2.19. The molecule has 124 valence electrons. The van der Waals surface area contributed by atoms with Gasteiger partial charge in [0, 0.05) is 44.5 Å². The van der Waals surface area contributed by atoms with Gasteiger partial charge in [-0.2, -0.15) is 11.8 Å². The van der Waals surface area contributed by atoms with E-state index in [4.69, 9.17) is 0 Å². The first-order valence-electron chi connectivity index (χ1n) is 7.87. The molecule has 0 spiro atoms. The van der Waals surface area contributed by atoms with Crippen LogP contribution in [0.5, 0.6) is 0 Å². The maximum Gasteiger partial charge on any atom is 0.191 e. The summed E-state index contributed by atoms with van der Waals surface area (Å²) in [5.41, 5.74) is 0. The zero-order chi connectivity index (χ0) is 15.7. The zero-order valence-electron chi connectivity index (χ0n) is 14.4. The van der Waals surface area contributed by atoms with Gasteiger partial charge in [0.2, 0.25) is 0 Å². The molecular formula is C15H33N5S. The third-order valence-corrected chi connectivity index (χ3v) is 5.24. The minimum Gasteiger partial charge on any atom is -0.355 e. The Labute approximate surface area is 134 Å². The standard InChI is InChI=1S/C15H33N5S/c1-15(2,21-5)13-18-14(16-3)17-7-10-20-9-6-8-19(4)11-12-20/h6-13H2,1-5H3,(H2,16,17,18). The maximum absolute atomic E-state index is 4.30. The molecule has 0 aromatic heterocycles. The number of hydrogen-bond donors (Lipinski definition) is 2. The summed E-state index contributed by atoms with van der Waals surface area (Å²) in [5, 5.41) is 6.83. The molecule has 0 unspecified atom stereocenters. The van der Waals surface area contributed by atoms with Crippen molar-refractivity contribution < 1.29 is 0 Å². The Morgan fingerprint density at radius 1 is 1.19 bits per heavy atom. The molecule has 0 amide bonds. The number of aliphatic imine (C=N–C) groups is 1. The summed E-state index contributed by atoms with van der Waals surface area (Å²) in [6.45, 7) is 12.2. The SMILES string of the molecule is CN=C(NCCN1CCCN(C)CC1)NCC(C)(C)SC. The van der Waals surface area contributed by atoms with Gasteiger partial charge in [0.05, 0.1) is 0 Å². The van der Waals surface area contributed by atoms with Crippen molar-refractivity contribution in [2.24, 2.45) is 4.99 Å². The van der Waals surface area contributed by atoms with E-state index in [0.29, 0.717) is 0 Å². The lowest BCUT2D eigenvalue weighted by molar-refractivity contribution is 0.280. The molecule has 6 heteroatoms. The summed E-state index contributed by atoms with van der Waals surface area (Å²) in [6, 6.07) is 0. The number of likely N-dealkylation sites (N-methyl/N-ethyl adjacent to an activating group) is 1. The lowest BCUT2D eigenvalue weighted by Gasteiger charge is -2.24. The summed E-state index contributed by atoms with van der Waals surface area (Å²) in [5.74, 6) is 0.907. The molecule has 1 rings (SSSR count). The zero-order valence-corrected chi connectivity index (χ0v) is 15.2. The summed E-state index contributed by atoms with van der Waals surface area (Å²) in [4.78, 5) is 9.25. The van der Waals surface area contributed by atoms with Gasteiger partial charge in [-0.25, -0.2) is 0 Å². The van der Waals surface area contributed by atoms with E-state index in [1.807, 2.05) is 18.8 Å². The van der Waals surface area contributed by atoms with Crippen LogP contribution in [0.15, 0.2) is 4.99 Å². The Kier molecular flexibility index (Phi) is 8.44. The molecule has 1 aliphatic heterocycles. The number of hydrogen-bond acceptors (Lipinski definition) is 4. The van der Waals surface area contributed by atoms with Crippen LogP contribution in [0.3, 0.4) is 0 Å². The molecule has 5 nitrogen and oxygen atoms in total. The Bertz CT molecular complexity index is 319. The highest BCUT2D eigenvalue weighted by molar-refractivity contribution is 7.99. The molecular weight excluding hydrogens is 282 g/mol. The van der Waals surface area contributed by atoms with Gasteiger partial charge < -0.3 is 20.4 Å². The van der Waals surface area contributed by atoms with E-state index < -0.39 is 0 Å². The average Bonchev–Trinajstić information content (AvgIpc) is 2.67. The van der Waals surface area contributed by atoms with E-state index in [2.05, 4.69) is 52.6 Å². The van der Waals surface area contributed by atoms with Crippen molar-refractivity contribution in [1.29, 1.82) is 0 Å². The summed E-state index contributed by atoms with van der Waals surface area (Å²) < 4.78 is 0.229. The molecule has 0 aliphatic carbocycles. The van der Waals surface area contributed by atoms with Crippen molar-refractivity contribution in [2.75, 3.05) is 66.2 Å². The third-order valence-electron chi connectivity index (χ3n) is 3.99. The molecule has 0 radical (unpaired) electrons. The van der Waals surface area contributed by atoms with Gasteiger partial charge in [-0.1, -0.05) is 0 Å². The van der Waals surface area contributed by atoms with Gasteiger partial charge in [0.1, 0.15) is 0 Å². The van der Waals surface area contributed by atoms with Gasteiger partial charge >= 0.3 is 0 Å². The van der Waals surface area contributed by atoms with Crippen LogP contribution in [-0.4, -0.2) is 86.7 Å².